The number of hydrogen-bond acceptors (Lipinski definition) is 5. The number of aryl methyl sites for hydroxylation is 1. The van der Waals surface area contributed by atoms with Crippen molar-refractivity contribution in [2.24, 2.45) is 11.8 Å². The number of likely N-dealkylation sites (tertiary alicyclic amines) is 1. The van der Waals surface area contributed by atoms with Crippen LogP contribution in [0.4, 0.5) is 5.82 Å². The predicted molar refractivity (Wildman–Crippen MR) is 118 cm³/mol. The number of aromatic nitrogens is 2. The minimum Gasteiger partial charge on any atom is -0.439 e. The fraction of sp³-hybridized carbons (Fsp3) is 0.542. The Kier molecular flexibility index (Phi) is 6.50. The fourth-order valence-corrected chi connectivity index (χ4v) is 4.32. The Hall–Kier alpha value is -2.63. The highest BCUT2D eigenvalue weighted by atomic mass is 16.5. The molecular formula is C24H32N4O2. The maximum absolute atomic E-state index is 12.9. The quantitative estimate of drug-likeness (QED) is 0.738. The van der Waals surface area contributed by atoms with Crippen LogP contribution >= 0.6 is 0 Å². The Morgan fingerprint density at radius 1 is 1.03 bits per heavy atom. The van der Waals surface area contributed by atoms with Crippen molar-refractivity contribution in [3.8, 4) is 11.6 Å². The Bertz CT molecular complexity index is 839. The molecule has 2 aromatic rings. The third-order valence-corrected chi connectivity index (χ3v) is 6.45. The van der Waals surface area contributed by atoms with Crippen LogP contribution in [0.25, 0.3) is 0 Å². The number of benzene rings is 1. The van der Waals surface area contributed by atoms with Crippen LogP contribution in [-0.2, 0) is 11.2 Å². The van der Waals surface area contributed by atoms with Gasteiger partial charge in [-0.3, -0.25) is 4.79 Å². The SMILES string of the molecule is CCc1ccc(Oc2cc(N3CCC(C(=O)N4CCC(C)CC4)CC3)ncn2)cc1. The maximum atomic E-state index is 12.9. The number of piperidine rings is 2. The third kappa shape index (κ3) is 4.91. The molecule has 0 aliphatic carbocycles. The largest absolute Gasteiger partial charge is 0.439 e. The second kappa shape index (κ2) is 9.45. The molecule has 0 N–H and O–H groups in total. The third-order valence-electron chi connectivity index (χ3n) is 6.45. The molecule has 2 saturated heterocycles. The molecule has 1 aromatic heterocycles. The number of rotatable bonds is 5. The van der Waals surface area contributed by atoms with E-state index in [2.05, 4.69) is 45.7 Å². The molecule has 0 bridgehead atoms. The lowest BCUT2D eigenvalue weighted by atomic mass is 9.92. The van der Waals surface area contributed by atoms with Gasteiger partial charge < -0.3 is 14.5 Å². The maximum Gasteiger partial charge on any atom is 0.225 e. The summed E-state index contributed by atoms with van der Waals surface area (Å²) in [5.41, 5.74) is 1.28. The molecule has 2 aliphatic heterocycles. The van der Waals surface area contributed by atoms with Crippen molar-refractivity contribution in [2.45, 2.75) is 46.0 Å². The van der Waals surface area contributed by atoms with E-state index in [1.807, 2.05) is 18.2 Å². The average Bonchev–Trinajstić information content (AvgIpc) is 2.80. The van der Waals surface area contributed by atoms with Gasteiger partial charge in [0.1, 0.15) is 17.9 Å². The highest BCUT2D eigenvalue weighted by Gasteiger charge is 2.30. The molecule has 3 heterocycles. The number of nitrogens with zero attached hydrogens (tertiary/aromatic N) is 4. The smallest absolute Gasteiger partial charge is 0.225 e. The minimum atomic E-state index is 0.143. The molecule has 0 unspecified atom stereocenters. The second-order valence-corrected chi connectivity index (χ2v) is 8.58. The minimum absolute atomic E-state index is 0.143. The van der Waals surface area contributed by atoms with Gasteiger partial charge in [-0.1, -0.05) is 26.0 Å². The van der Waals surface area contributed by atoms with Crippen LogP contribution in [0.1, 0.15) is 45.1 Å². The molecule has 6 nitrogen and oxygen atoms in total. The van der Waals surface area contributed by atoms with E-state index in [4.69, 9.17) is 4.74 Å². The molecule has 0 saturated carbocycles. The summed E-state index contributed by atoms with van der Waals surface area (Å²) in [7, 11) is 0. The summed E-state index contributed by atoms with van der Waals surface area (Å²) in [6, 6.07) is 9.98. The molecule has 1 aromatic carbocycles. The average molecular weight is 409 g/mol. The van der Waals surface area contributed by atoms with Gasteiger partial charge in [0, 0.05) is 38.2 Å². The Morgan fingerprint density at radius 2 is 1.73 bits per heavy atom. The van der Waals surface area contributed by atoms with E-state index in [9.17, 15) is 4.79 Å². The van der Waals surface area contributed by atoms with Gasteiger partial charge in [0.2, 0.25) is 11.8 Å². The van der Waals surface area contributed by atoms with Crippen molar-refractivity contribution in [3.05, 3.63) is 42.2 Å². The molecular weight excluding hydrogens is 376 g/mol. The molecule has 30 heavy (non-hydrogen) atoms. The zero-order valence-corrected chi connectivity index (χ0v) is 18.1. The standard InChI is InChI=1S/C24H32N4O2/c1-3-19-4-6-21(7-5-19)30-23-16-22(25-17-26-23)27-14-10-20(11-15-27)24(29)28-12-8-18(2)9-13-28/h4-7,16-18,20H,3,8-15H2,1-2H3. The van der Waals surface area contributed by atoms with Gasteiger partial charge in [-0.2, -0.15) is 0 Å². The van der Waals surface area contributed by atoms with Crippen LogP contribution in [0.3, 0.4) is 0 Å². The molecule has 2 fully saturated rings. The molecule has 6 heteroatoms. The summed E-state index contributed by atoms with van der Waals surface area (Å²) in [5.74, 6) is 3.42. The van der Waals surface area contributed by atoms with Gasteiger partial charge in [-0.15, -0.1) is 0 Å². The lowest BCUT2D eigenvalue weighted by molar-refractivity contribution is -0.137. The van der Waals surface area contributed by atoms with Crippen molar-refractivity contribution >= 4 is 11.7 Å². The van der Waals surface area contributed by atoms with Gasteiger partial charge in [-0.05, 0) is 55.7 Å². The van der Waals surface area contributed by atoms with Crippen molar-refractivity contribution in [1.82, 2.24) is 14.9 Å². The van der Waals surface area contributed by atoms with Crippen molar-refractivity contribution in [2.75, 3.05) is 31.1 Å². The molecule has 0 radical (unpaired) electrons. The number of carbonyl (C=O) groups excluding carboxylic acids is 1. The Morgan fingerprint density at radius 3 is 2.40 bits per heavy atom. The Balaban J connectivity index is 1.33. The summed E-state index contributed by atoms with van der Waals surface area (Å²) < 4.78 is 5.92. The highest BCUT2D eigenvalue weighted by molar-refractivity contribution is 5.79. The van der Waals surface area contributed by atoms with E-state index >= 15 is 0 Å². The summed E-state index contributed by atoms with van der Waals surface area (Å²) >= 11 is 0. The fourth-order valence-electron chi connectivity index (χ4n) is 4.32. The van der Waals surface area contributed by atoms with Crippen LogP contribution in [0.15, 0.2) is 36.7 Å². The monoisotopic (exact) mass is 408 g/mol. The zero-order valence-electron chi connectivity index (χ0n) is 18.1. The van der Waals surface area contributed by atoms with Gasteiger partial charge in [0.05, 0.1) is 0 Å². The van der Waals surface area contributed by atoms with Crippen molar-refractivity contribution in [3.63, 3.8) is 0 Å². The van der Waals surface area contributed by atoms with Gasteiger partial charge >= 0.3 is 0 Å². The number of ether oxygens (including phenoxy) is 1. The highest BCUT2D eigenvalue weighted by Crippen LogP contribution is 2.28. The van der Waals surface area contributed by atoms with Crippen LogP contribution < -0.4 is 9.64 Å². The lowest BCUT2D eigenvalue weighted by Gasteiger charge is -2.37. The number of hydrogen-bond donors (Lipinski definition) is 0. The first-order valence-corrected chi connectivity index (χ1v) is 11.2. The van der Waals surface area contributed by atoms with Crippen LogP contribution in [-0.4, -0.2) is 47.0 Å². The molecule has 160 valence electrons. The van der Waals surface area contributed by atoms with E-state index in [1.165, 1.54) is 5.56 Å². The first-order valence-electron chi connectivity index (χ1n) is 11.2. The van der Waals surface area contributed by atoms with E-state index in [-0.39, 0.29) is 5.92 Å². The molecule has 0 spiro atoms. The molecule has 0 atom stereocenters. The second-order valence-electron chi connectivity index (χ2n) is 8.58. The van der Waals surface area contributed by atoms with Crippen LogP contribution in [0, 0.1) is 11.8 Å². The first kappa shape index (κ1) is 20.6. The molecule has 2 aliphatic rings. The van der Waals surface area contributed by atoms with E-state index in [0.717, 1.165) is 75.8 Å². The molecule has 1 amide bonds. The zero-order chi connectivity index (χ0) is 20.9. The first-order chi connectivity index (χ1) is 14.6. The van der Waals surface area contributed by atoms with Gasteiger partial charge in [-0.25, -0.2) is 9.97 Å². The number of amides is 1. The topological polar surface area (TPSA) is 58.6 Å². The summed E-state index contributed by atoms with van der Waals surface area (Å²) in [6.07, 6.45) is 6.59. The van der Waals surface area contributed by atoms with Gasteiger partial charge in [0.25, 0.3) is 0 Å². The van der Waals surface area contributed by atoms with E-state index < -0.39 is 0 Å². The molecule has 4 rings (SSSR count). The van der Waals surface area contributed by atoms with Crippen molar-refractivity contribution < 1.29 is 9.53 Å². The predicted octanol–water partition coefficient (Wildman–Crippen LogP) is 4.31. The van der Waals surface area contributed by atoms with E-state index in [1.54, 1.807) is 6.33 Å². The van der Waals surface area contributed by atoms with Crippen molar-refractivity contribution in [1.29, 1.82) is 0 Å². The number of carbonyl (C=O) groups is 1. The summed E-state index contributed by atoms with van der Waals surface area (Å²) in [6.45, 7) is 7.93. The summed E-state index contributed by atoms with van der Waals surface area (Å²) in [4.78, 5) is 25.9. The van der Waals surface area contributed by atoms with E-state index in [0.29, 0.717) is 11.8 Å². The summed E-state index contributed by atoms with van der Waals surface area (Å²) in [5, 5.41) is 0. The normalized spacial score (nSPS) is 18.5. The Labute approximate surface area is 179 Å². The van der Waals surface area contributed by atoms with Crippen LogP contribution in [0.5, 0.6) is 11.6 Å². The number of anilines is 1. The lowest BCUT2D eigenvalue weighted by Crippen LogP contribution is -2.45. The van der Waals surface area contributed by atoms with Crippen LogP contribution in [0.2, 0.25) is 0 Å². The van der Waals surface area contributed by atoms with Gasteiger partial charge in [0.15, 0.2) is 0 Å².